The number of benzene rings is 3. The van der Waals surface area contributed by atoms with Gasteiger partial charge in [-0.15, -0.1) is 6.42 Å². The predicted molar refractivity (Wildman–Crippen MR) is 169 cm³/mol. The highest BCUT2D eigenvalue weighted by molar-refractivity contribution is 7.07. The van der Waals surface area contributed by atoms with Gasteiger partial charge in [0.2, 0.25) is 0 Å². The number of thiazole rings is 1. The molecule has 2 heterocycles. The summed E-state index contributed by atoms with van der Waals surface area (Å²) in [7, 11) is 1.54. The van der Waals surface area contributed by atoms with Crippen LogP contribution >= 0.6 is 11.3 Å². The number of carbonyl (C=O) groups excluding carboxylic acids is 1. The second-order valence-corrected chi connectivity index (χ2v) is 11.2. The van der Waals surface area contributed by atoms with Gasteiger partial charge >= 0.3 is 5.97 Å². The molecule has 0 unspecified atom stereocenters. The Balaban J connectivity index is 1.75. The van der Waals surface area contributed by atoms with Crippen LogP contribution in [0.3, 0.4) is 0 Å². The summed E-state index contributed by atoms with van der Waals surface area (Å²) in [5.41, 5.74) is 4.00. The Hall–Kier alpha value is -4.87. The second kappa shape index (κ2) is 13.0. The van der Waals surface area contributed by atoms with Crippen molar-refractivity contribution in [2.75, 3.05) is 20.3 Å². The molecule has 43 heavy (non-hydrogen) atoms. The summed E-state index contributed by atoms with van der Waals surface area (Å²) in [5.74, 6) is 3.27. The van der Waals surface area contributed by atoms with Crippen LogP contribution in [0.15, 0.2) is 88.2 Å². The van der Waals surface area contributed by atoms with Crippen molar-refractivity contribution in [3.8, 4) is 23.8 Å². The zero-order chi connectivity index (χ0) is 30.5. The normalized spacial score (nSPS) is 14.6. The van der Waals surface area contributed by atoms with E-state index in [0.29, 0.717) is 38.0 Å². The number of esters is 1. The monoisotopic (exact) mass is 592 g/mol. The van der Waals surface area contributed by atoms with E-state index in [4.69, 9.17) is 25.6 Å². The first-order valence-electron chi connectivity index (χ1n) is 14.0. The minimum Gasteiger partial charge on any atom is -0.493 e. The Bertz CT molecular complexity index is 1890. The maximum atomic E-state index is 14.1. The number of terminal acetylenes is 1. The van der Waals surface area contributed by atoms with E-state index in [1.54, 1.807) is 36.8 Å². The summed E-state index contributed by atoms with van der Waals surface area (Å²) in [6.45, 7) is 6.31. The van der Waals surface area contributed by atoms with Crippen molar-refractivity contribution in [3.63, 3.8) is 0 Å². The third-order valence-corrected chi connectivity index (χ3v) is 8.07. The van der Waals surface area contributed by atoms with Crippen molar-refractivity contribution in [1.29, 1.82) is 0 Å². The molecule has 1 atom stereocenters. The molecular weight excluding hydrogens is 560 g/mol. The summed E-state index contributed by atoms with van der Waals surface area (Å²) in [5, 5.41) is 0. The average molecular weight is 593 g/mol. The largest absolute Gasteiger partial charge is 0.493 e. The number of hydrogen-bond acceptors (Lipinski definition) is 7. The number of aromatic nitrogens is 1. The van der Waals surface area contributed by atoms with E-state index in [-0.39, 0.29) is 18.8 Å². The molecule has 5 rings (SSSR count). The van der Waals surface area contributed by atoms with E-state index in [1.165, 1.54) is 11.3 Å². The third kappa shape index (κ3) is 6.04. The molecule has 0 amide bonds. The molecule has 7 nitrogen and oxygen atoms in total. The molecule has 3 aromatic carbocycles. The lowest BCUT2D eigenvalue weighted by molar-refractivity contribution is -0.138. The SMILES string of the molecule is C#CCOc1ccc(/C=c2\sc3n(c2=O)[C@@H](c2ccc(C(C)C)cc2)C(C(=O)OCC)=C(c2ccccc2)N=3)cc1OC. The van der Waals surface area contributed by atoms with E-state index in [0.717, 1.165) is 22.3 Å². The number of hydrogen-bond donors (Lipinski definition) is 0. The fourth-order valence-corrected chi connectivity index (χ4v) is 5.98. The summed E-state index contributed by atoms with van der Waals surface area (Å²) < 4.78 is 18.7. The van der Waals surface area contributed by atoms with Crippen LogP contribution in [0.1, 0.15) is 55.0 Å². The van der Waals surface area contributed by atoms with Crippen molar-refractivity contribution >= 4 is 29.1 Å². The maximum absolute atomic E-state index is 14.1. The molecule has 0 spiro atoms. The van der Waals surface area contributed by atoms with Gasteiger partial charge in [-0.3, -0.25) is 9.36 Å². The van der Waals surface area contributed by atoms with E-state index >= 15 is 0 Å². The van der Waals surface area contributed by atoms with Crippen LogP contribution in [0.2, 0.25) is 0 Å². The summed E-state index contributed by atoms with van der Waals surface area (Å²) in [6.07, 6.45) is 7.12. The first kappa shape index (κ1) is 29.6. The molecule has 0 N–H and O–H groups in total. The highest BCUT2D eigenvalue weighted by atomic mass is 32.1. The summed E-state index contributed by atoms with van der Waals surface area (Å²) in [6, 6.07) is 22.2. The Labute approximate surface area is 254 Å². The molecule has 0 aliphatic carbocycles. The van der Waals surface area contributed by atoms with Crippen LogP contribution in [0.4, 0.5) is 0 Å². The van der Waals surface area contributed by atoms with Gasteiger partial charge in [0, 0.05) is 5.56 Å². The smallest absolute Gasteiger partial charge is 0.338 e. The van der Waals surface area contributed by atoms with E-state index in [1.807, 2.05) is 60.7 Å². The molecule has 1 aliphatic heterocycles. The number of carbonyl (C=O) groups is 1. The van der Waals surface area contributed by atoms with E-state index < -0.39 is 12.0 Å². The van der Waals surface area contributed by atoms with Crippen LogP contribution in [0, 0.1) is 12.3 Å². The number of methoxy groups -OCH3 is 1. The minimum absolute atomic E-state index is 0.110. The van der Waals surface area contributed by atoms with Crippen LogP contribution in [0.25, 0.3) is 11.8 Å². The van der Waals surface area contributed by atoms with Gasteiger partial charge in [0.15, 0.2) is 16.3 Å². The van der Waals surface area contributed by atoms with Gasteiger partial charge in [-0.05, 0) is 47.7 Å². The van der Waals surface area contributed by atoms with Crippen molar-refractivity contribution in [1.82, 2.24) is 4.57 Å². The van der Waals surface area contributed by atoms with Gasteiger partial charge in [-0.25, -0.2) is 9.79 Å². The molecular formula is C35H32N2O5S. The fourth-order valence-electron chi connectivity index (χ4n) is 4.98. The lowest BCUT2D eigenvalue weighted by atomic mass is 9.91. The van der Waals surface area contributed by atoms with E-state index in [9.17, 15) is 9.59 Å². The van der Waals surface area contributed by atoms with Crippen LogP contribution < -0.4 is 24.4 Å². The highest BCUT2D eigenvalue weighted by Gasteiger charge is 2.35. The lowest BCUT2D eigenvalue weighted by Crippen LogP contribution is -2.40. The maximum Gasteiger partial charge on any atom is 0.338 e. The molecule has 0 saturated carbocycles. The number of nitrogens with zero attached hydrogens (tertiary/aromatic N) is 2. The topological polar surface area (TPSA) is 79.1 Å². The van der Waals surface area contributed by atoms with Gasteiger partial charge in [0.05, 0.1) is 35.6 Å². The molecule has 0 bridgehead atoms. The van der Waals surface area contributed by atoms with Crippen molar-refractivity contribution in [2.45, 2.75) is 32.7 Å². The zero-order valence-corrected chi connectivity index (χ0v) is 25.3. The molecule has 0 fully saturated rings. The summed E-state index contributed by atoms with van der Waals surface area (Å²) >= 11 is 1.26. The first-order chi connectivity index (χ1) is 20.9. The standard InChI is InChI=1S/C35H32N2O5S/c1-6-19-42-27-18-13-23(20-28(27)40-5)21-29-33(38)37-32(26-16-14-24(15-17-26)22(3)4)30(34(39)41-7-2)31(36-35(37)43-29)25-11-9-8-10-12-25/h1,8-18,20-22,32H,7,19H2,2-5H3/b29-21-/t32-/m0/s1. The Morgan fingerprint density at radius 3 is 2.49 bits per heavy atom. The van der Waals surface area contributed by atoms with Crippen LogP contribution in [-0.4, -0.2) is 30.9 Å². The zero-order valence-electron chi connectivity index (χ0n) is 24.5. The average Bonchev–Trinajstić information content (AvgIpc) is 3.34. The van der Waals surface area contributed by atoms with Gasteiger partial charge < -0.3 is 14.2 Å². The highest BCUT2D eigenvalue weighted by Crippen LogP contribution is 2.35. The number of rotatable bonds is 9. The fraction of sp³-hybridized carbons (Fsp3) is 0.229. The second-order valence-electron chi connectivity index (χ2n) is 10.2. The van der Waals surface area contributed by atoms with Gasteiger partial charge in [-0.1, -0.05) is 91.8 Å². The quantitative estimate of drug-likeness (QED) is 0.200. The van der Waals surface area contributed by atoms with Crippen LogP contribution in [0.5, 0.6) is 11.5 Å². The van der Waals surface area contributed by atoms with Crippen molar-refractivity contribution < 1.29 is 19.0 Å². The molecule has 0 radical (unpaired) electrons. The third-order valence-electron chi connectivity index (χ3n) is 7.09. The van der Waals surface area contributed by atoms with Crippen LogP contribution in [-0.2, 0) is 9.53 Å². The van der Waals surface area contributed by atoms with Crippen molar-refractivity contribution in [3.05, 3.63) is 120 Å². The van der Waals surface area contributed by atoms with Gasteiger partial charge in [0.25, 0.3) is 5.56 Å². The lowest BCUT2D eigenvalue weighted by Gasteiger charge is -2.26. The van der Waals surface area contributed by atoms with E-state index in [2.05, 4.69) is 19.8 Å². The van der Waals surface area contributed by atoms with Gasteiger partial charge in [-0.2, -0.15) is 0 Å². The molecule has 8 heteroatoms. The Kier molecular flexibility index (Phi) is 8.93. The Morgan fingerprint density at radius 1 is 1.09 bits per heavy atom. The molecule has 218 valence electrons. The molecule has 4 aromatic rings. The van der Waals surface area contributed by atoms with Crippen molar-refractivity contribution in [2.24, 2.45) is 4.99 Å². The van der Waals surface area contributed by atoms with Gasteiger partial charge in [0.1, 0.15) is 6.61 Å². The molecule has 1 aliphatic rings. The molecule has 1 aromatic heterocycles. The first-order valence-corrected chi connectivity index (χ1v) is 14.8. The minimum atomic E-state index is -0.733. The molecule has 0 saturated heterocycles. The predicted octanol–water partition coefficient (Wildman–Crippen LogP) is 5.08. The number of ether oxygens (including phenoxy) is 3. The summed E-state index contributed by atoms with van der Waals surface area (Å²) in [4.78, 5) is 33.2. The Morgan fingerprint density at radius 2 is 1.84 bits per heavy atom. The number of fused-ring (bicyclic) bond motifs is 1.